The van der Waals surface area contributed by atoms with Crippen molar-refractivity contribution in [3.63, 3.8) is 0 Å². The maximum absolute atomic E-state index is 5.34. The van der Waals surface area contributed by atoms with Crippen molar-refractivity contribution in [2.75, 3.05) is 25.1 Å². The molecule has 7 nitrogen and oxygen atoms in total. The van der Waals surface area contributed by atoms with Crippen LogP contribution in [0.4, 0.5) is 5.95 Å². The highest BCUT2D eigenvalue weighted by atomic mass is 16.5. The lowest BCUT2D eigenvalue weighted by Crippen LogP contribution is -2.34. The van der Waals surface area contributed by atoms with Gasteiger partial charge in [0.05, 0.1) is 18.2 Å². The van der Waals surface area contributed by atoms with Gasteiger partial charge in [-0.05, 0) is 62.9 Å². The maximum atomic E-state index is 5.34. The van der Waals surface area contributed by atoms with Gasteiger partial charge in [-0.15, -0.1) is 5.10 Å². The van der Waals surface area contributed by atoms with Gasteiger partial charge in [-0.25, -0.2) is 14.5 Å². The Bertz CT molecular complexity index is 1220. The monoisotopic (exact) mass is 402 g/mol. The number of aryl methyl sites for hydroxylation is 2. The number of benzene rings is 1. The quantitative estimate of drug-likeness (QED) is 0.512. The summed E-state index contributed by atoms with van der Waals surface area (Å²) in [6.07, 6.45) is 2.31. The first-order valence-corrected chi connectivity index (χ1v) is 10.5. The minimum absolute atomic E-state index is 0.686. The largest absolute Gasteiger partial charge is 0.497 e. The van der Waals surface area contributed by atoms with Crippen LogP contribution < -0.4 is 9.64 Å². The van der Waals surface area contributed by atoms with Gasteiger partial charge in [0.2, 0.25) is 5.95 Å². The molecule has 0 saturated carbocycles. The molecule has 1 aromatic carbocycles. The van der Waals surface area contributed by atoms with Crippen molar-refractivity contribution in [3.05, 3.63) is 41.7 Å². The number of fused-ring (bicyclic) bond motifs is 3. The number of ether oxygens (including phenoxy) is 1. The molecule has 30 heavy (non-hydrogen) atoms. The van der Waals surface area contributed by atoms with Gasteiger partial charge in [-0.2, -0.15) is 4.98 Å². The molecular formula is C23H26N6O. The van der Waals surface area contributed by atoms with E-state index in [4.69, 9.17) is 24.8 Å². The topological polar surface area (TPSA) is 68.4 Å². The Morgan fingerprint density at radius 3 is 2.43 bits per heavy atom. The number of aromatic nitrogens is 5. The molecule has 1 aliphatic rings. The number of piperidine rings is 1. The number of hydrogen-bond acceptors (Lipinski definition) is 6. The summed E-state index contributed by atoms with van der Waals surface area (Å²) in [5.74, 6) is 2.31. The average molecular weight is 403 g/mol. The number of rotatable bonds is 3. The van der Waals surface area contributed by atoms with Crippen LogP contribution in [0.15, 0.2) is 30.3 Å². The second kappa shape index (κ2) is 7.23. The summed E-state index contributed by atoms with van der Waals surface area (Å²) in [5, 5.41) is 5.69. The number of methoxy groups -OCH3 is 1. The van der Waals surface area contributed by atoms with E-state index >= 15 is 0 Å². The van der Waals surface area contributed by atoms with Crippen molar-refractivity contribution < 1.29 is 4.74 Å². The Balaban J connectivity index is 1.76. The molecule has 0 N–H and O–H groups in total. The van der Waals surface area contributed by atoms with Crippen molar-refractivity contribution in [3.8, 4) is 17.0 Å². The van der Waals surface area contributed by atoms with Gasteiger partial charge in [-0.1, -0.05) is 6.92 Å². The van der Waals surface area contributed by atoms with E-state index in [0.717, 1.165) is 77.2 Å². The summed E-state index contributed by atoms with van der Waals surface area (Å²) < 4.78 is 7.21. The van der Waals surface area contributed by atoms with Crippen molar-refractivity contribution in [1.29, 1.82) is 0 Å². The van der Waals surface area contributed by atoms with Gasteiger partial charge in [0.1, 0.15) is 5.75 Å². The van der Waals surface area contributed by atoms with Gasteiger partial charge < -0.3 is 9.64 Å². The highest BCUT2D eigenvalue weighted by Gasteiger charge is 2.23. The van der Waals surface area contributed by atoms with Crippen molar-refractivity contribution in [2.45, 2.75) is 33.6 Å². The fourth-order valence-electron chi connectivity index (χ4n) is 4.18. The Kier molecular flexibility index (Phi) is 4.53. The lowest BCUT2D eigenvalue weighted by molar-refractivity contribution is 0.415. The molecule has 0 spiro atoms. The van der Waals surface area contributed by atoms with E-state index in [0.29, 0.717) is 5.65 Å². The van der Waals surface area contributed by atoms with Gasteiger partial charge in [0.25, 0.3) is 0 Å². The van der Waals surface area contributed by atoms with E-state index in [1.165, 1.54) is 0 Å². The van der Waals surface area contributed by atoms with E-state index in [2.05, 4.69) is 11.8 Å². The summed E-state index contributed by atoms with van der Waals surface area (Å²) in [4.78, 5) is 17.0. The minimum atomic E-state index is 0.686. The standard InChI is InChI=1S/C23H26N6O/c1-14-9-11-28(12-10-14)23-25-20(17-5-7-18(30-4)8-6-17)19-21(26-23)27-29-16(3)13-15(2)24-22(19)29/h5-8,13-14H,9-12H2,1-4H3. The predicted octanol–water partition coefficient (Wildman–Crippen LogP) is 4.20. The van der Waals surface area contributed by atoms with E-state index < -0.39 is 0 Å². The number of nitrogens with zero attached hydrogens (tertiary/aromatic N) is 6. The second-order valence-electron chi connectivity index (χ2n) is 8.24. The molecule has 3 aromatic heterocycles. The summed E-state index contributed by atoms with van der Waals surface area (Å²) in [5.41, 5.74) is 5.34. The third kappa shape index (κ3) is 3.14. The van der Waals surface area contributed by atoms with Crippen LogP contribution in [0.2, 0.25) is 0 Å². The highest BCUT2D eigenvalue weighted by molar-refractivity contribution is 6.01. The van der Waals surface area contributed by atoms with Crippen LogP contribution in [-0.4, -0.2) is 44.8 Å². The third-order valence-corrected chi connectivity index (χ3v) is 5.96. The van der Waals surface area contributed by atoms with Crippen LogP contribution in [0.1, 0.15) is 31.2 Å². The summed E-state index contributed by atoms with van der Waals surface area (Å²) in [6.45, 7) is 8.30. The molecule has 4 heterocycles. The maximum Gasteiger partial charge on any atom is 0.228 e. The lowest BCUT2D eigenvalue weighted by atomic mass is 9.99. The van der Waals surface area contributed by atoms with E-state index in [1.54, 1.807) is 7.11 Å². The first-order valence-electron chi connectivity index (χ1n) is 10.5. The smallest absolute Gasteiger partial charge is 0.228 e. The Morgan fingerprint density at radius 1 is 1.00 bits per heavy atom. The van der Waals surface area contributed by atoms with E-state index in [9.17, 15) is 0 Å². The molecule has 0 radical (unpaired) electrons. The normalized spacial score (nSPS) is 15.3. The van der Waals surface area contributed by atoms with Crippen LogP contribution in [0.25, 0.3) is 27.9 Å². The summed E-state index contributed by atoms with van der Waals surface area (Å²) in [7, 11) is 1.67. The first-order chi connectivity index (χ1) is 14.5. The SMILES string of the molecule is COc1ccc(-c2nc(N3CCC(C)CC3)nc3nn4c(C)cc(C)nc4c23)cc1. The van der Waals surface area contributed by atoms with Gasteiger partial charge in [0.15, 0.2) is 11.3 Å². The molecule has 0 bridgehead atoms. The van der Waals surface area contributed by atoms with Gasteiger partial charge in [-0.3, -0.25) is 0 Å². The molecule has 1 fully saturated rings. The molecular weight excluding hydrogens is 376 g/mol. The Hall–Kier alpha value is -3.22. The Labute approximate surface area is 175 Å². The average Bonchev–Trinajstić information content (AvgIpc) is 3.12. The van der Waals surface area contributed by atoms with E-state index in [-0.39, 0.29) is 0 Å². The van der Waals surface area contributed by atoms with Crippen LogP contribution in [-0.2, 0) is 0 Å². The molecule has 5 rings (SSSR count). The summed E-state index contributed by atoms with van der Waals surface area (Å²) >= 11 is 0. The molecule has 4 aromatic rings. The molecule has 1 saturated heterocycles. The number of anilines is 1. The van der Waals surface area contributed by atoms with E-state index in [1.807, 2.05) is 48.7 Å². The molecule has 0 atom stereocenters. The molecule has 0 amide bonds. The van der Waals surface area contributed by atoms with Crippen LogP contribution >= 0.6 is 0 Å². The zero-order valence-electron chi connectivity index (χ0n) is 17.9. The minimum Gasteiger partial charge on any atom is -0.497 e. The molecule has 0 aliphatic carbocycles. The molecule has 1 aliphatic heterocycles. The number of hydrogen-bond donors (Lipinski definition) is 0. The highest BCUT2D eigenvalue weighted by Crippen LogP contribution is 2.33. The zero-order chi connectivity index (χ0) is 20.8. The molecule has 154 valence electrons. The van der Waals surface area contributed by atoms with Crippen molar-refractivity contribution in [1.82, 2.24) is 24.6 Å². The Morgan fingerprint density at radius 2 is 1.73 bits per heavy atom. The van der Waals surface area contributed by atoms with Crippen LogP contribution in [0.5, 0.6) is 5.75 Å². The van der Waals surface area contributed by atoms with Gasteiger partial charge in [0, 0.05) is 30.0 Å². The lowest BCUT2D eigenvalue weighted by Gasteiger charge is -2.30. The van der Waals surface area contributed by atoms with Crippen molar-refractivity contribution in [2.24, 2.45) is 5.92 Å². The second-order valence-corrected chi connectivity index (χ2v) is 8.24. The predicted molar refractivity (Wildman–Crippen MR) is 118 cm³/mol. The molecule has 0 unspecified atom stereocenters. The van der Waals surface area contributed by atoms with Gasteiger partial charge >= 0.3 is 0 Å². The van der Waals surface area contributed by atoms with Crippen LogP contribution in [0, 0.1) is 19.8 Å². The molecule has 7 heteroatoms. The fraction of sp³-hybridized carbons (Fsp3) is 0.391. The third-order valence-electron chi connectivity index (χ3n) is 5.96. The fourth-order valence-corrected chi connectivity index (χ4v) is 4.18. The first kappa shape index (κ1) is 18.8. The van der Waals surface area contributed by atoms with Crippen molar-refractivity contribution >= 4 is 22.6 Å². The summed E-state index contributed by atoms with van der Waals surface area (Å²) in [6, 6.07) is 10.0. The van der Waals surface area contributed by atoms with Crippen LogP contribution in [0.3, 0.4) is 0 Å². The zero-order valence-corrected chi connectivity index (χ0v) is 17.9.